The highest BCUT2D eigenvalue weighted by molar-refractivity contribution is 6.04. The van der Waals surface area contributed by atoms with E-state index in [9.17, 15) is 23.1 Å². The molecule has 0 spiro atoms. The van der Waals surface area contributed by atoms with E-state index in [2.05, 4.69) is 15.3 Å². The molecule has 0 fully saturated rings. The molecule has 0 atom stereocenters. The van der Waals surface area contributed by atoms with Crippen molar-refractivity contribution in [1.82, 2.24) is 14.5 Å². The molecule has 0 aliphatic rings. The lowest BCUT2D eigenvalue weighted by Crippen LogP contribution is -2.14. The fraction of sp³-hybridized carbons (Fsp3) is 0.0952. The predicted octanol–water partition coefficient (Wildman–Crippen LogP) is 4.18. The van der Waals surface area contributed by atoms with Crippen molar-refractivity contribution in [1.29, 1.82) is 0 Å². The number of nitrogens with zero attached hydrogens (tertiary/aromatic N) is 3. The van der Waals surface area contributed by atoms with Crippen LogP contribution in [-0.4, -0.2) is 25.5 Å². The summed E-state index contributed by atoms with van der Waals surface area (Å²) in [6.07, 6.45) is -1.70. The number of aliphatic hydroxyl groups excluding tert-OH is 1. The Bertz CT molecular complexity index is 1200. The molecule has 0 unspecified atom stereocenters. The summed E-state index contributed by atoms with van der Waals surface area (Å²) in [4.78, 5) is 19.8. The Morgan fingerprint density at radius 2 is 1.73 bits per heavy atom. The molecule has 0 aliphatic heterocycles. The van der Waals surface area contributed by atoms with Crippen molar-refractivity contribution in [2.75, 3.05) is 5.32 Å². The highest BCUT2D eigenvalue weighted by atomic mass is 19.4. The molecule has 2 N–H and O–H groups in total. The third kappa shape index (κ3) is 3.74. The van der Waals surface area contributed by atoms with Crippen LogP contribution in [0.5, 0.6) is 0 Å². The van der Waals surface area contributed by atoms with Gasteiger partial charge >= 0.3 is 6.18 Å². The molecule has 0 bridgehead atoms. The van der Waals surface area contributed by atoms with E-state index >= 15 is 0 Å². The number of aliphatic hydroxyl groups is 1. The molecule has 0 aliphatic carbocycles. The van der Waals surface area contributed by atoms with Crippen LogP contribution in [0.3, 0.4) is 0 Å². The monoisotopic (exact) mass is 412 g/mol. The van der Waals surface area contributed by atoms with Gasteiger partial charge in [0, 0.05) is 29.3 Å². The molecule has 4 aromatic rings. The molecule has 1 amide bonds. The average Bonchev–Trinajstić information content (AvgIpc) is 3.14. The first-order valence-electron chi connectivity index (χ1n) is 8.88. The quantitative estimate of drug-likeness (QED) is 0.527. The topological polar surface area (TPSA) is 80.0 Å². The van der Waals surface area contributed by atoms with Crippen LogP contribution in [0, 0.1) is 0 Å². The first-order chi connectivity index (χ1) is 14.4. The number of amides is 1. The lowest BCUT2D eigenvalue weighted by molar-refractivity contribution is -0.145. The summed E-state index contributed by atoms with van der Waals surface area (Å²) in [6, 6.07) is 13.5. The van der Waals surface area contributed by atoms with E-state index in [1.54, 1.807) is 18.2 Å². The maximum absolute atomic E-state index is 13.6. The van der Waals surface area contributed by atoms with E-state index in [0.29, 0.717) is 16.8 Å². The smallest absolute Gasteiger partial charge is 0.392 e. The van der Waals surface area contributed by atoms with Gasteiger partial charge in [0.2, 0.25) is 5.82 Å². The molecule has 2 aromatic heterocycles. The predicted molar refractivity (Wildman–Crippen MR) is 104 cm³/mol. The molecular formula is C21H15F3N4O2. The molecule has 6 nitrogen and oxygen atoms in total. The summed E-state index contributed by atoms with van der Waals surface area (Å²) in [5.41, 5.74) is 1.94. The summed E-state index contributed by atoms with van der Waals surface area (Å²) in [6.45, 7) is -0.296. The number of alkyl halides is 3. The number of fused-ring (bicyclic) bond motifs is 1. The highest BCUT2D eigenvalue weighted by Crippen LogP contribution is 2.34. The summed E-state index contributed by atoms with van der Waals surface area (Å²) in [5.74, 6) is -1.42. The number of halogens is 3. The standard InChI is InChI=1S/C21H15F3N4O2/c22-21(23,24)20-27-17-11-13(12-29)1-6-18(17)28(20)16-4-2-15(3-5-16)26-19(30)14-7-9-25-10-8-14/h1-11,29H,12H2,(H,26,30). The molecule has 0 saturated carbocycles. The zero-order valence-electron chi connectivity index (χ0n) is 15.4. The van der Waals surface area contributed by atoms with Gasteiger partial charge in [0.15, 0.2) is 0 Å². The Morgan fingerprint density at radius 3 is 2.37 bits per heavy atom. The number of pyridine rings is 1. The minimum atomic E-state index is -4.67. The van der Waals surface area contributed by atoms with E-state index in [-0.39, 0.29) is 29.2 Å². The van der Waals surface area contributed by atoms with Crippen molar-refractivity contribution in [3.05, 3.63) is 83.9 Å². The number of benzene rings is 2. The lowest BCUT2D eigenvalue weighted by Gasteiger charge is -2.12. The number of imidazole rings is 1. The van der Waals surface area contributed by atoms with Crippen molar-refractivity contribution in [2.45, 2.75) is 12.8 Å². The SMILES string of the molecule is O=C(Nc1ccc(-n2c(C(F)(F)F)nc3cc(CO)ccc32)cc1)c1ccncc1. The van der Waals surface area contributed by atoms with Crippen molar-refractivity contribution in [3.8, 4) is 5.69 Å². The van der Waals surface area contributed by atoms with Crippen LogP contribution in [0.4, 0.5) is 18.9 Å². The third-order valence-electron chi connectivity index (χ3n) is 4.48. The first-order valence-corrected chi connectivity index (χ1v) is 8.88. The minimum absolute atomic E-state index is 0.129. The number of carbonyl (C=O) groups excluding carboxylic acids is 1. The van der Waals surface area contributed by atoms with Gasteiger partial charge in [-0.2, -0.15) is 13.2 Å². The van der Waals surface area contributed by atoms with E-state index < -0.39 is 12.0 Å². The molecule has 9 heteroatoms. The van der Waals surface area contributed by atoms with Gasteiger partial charge in [-0.1, -0.05) is 6.07 Å². The van der Waals surface area contributed by atoms with E-state index in [1.807, 2.05) is 0 Å². The van der Waals surface area contributed by atoms with Gasteiger partial charge in [0.05, 0.1) is 17.6 Å². The number of aromatic nitrogens is 3. The fourth-order valence-electron chi connectivity index (χ4n) is 3.08. The van der Waals surface area contributed by atoms with Crippen molar-refractivity contribution in [3.63, 3.8) is 0 Å². The zero-order valence-corrected chi connectivity index (χ0v) is 15.4. The van der Waals surface area contributed by atoms with Crippen LogP contribution in [0.1, 0.15) is 21.7 Å². The van der Waals surface area contributed by atoms with Gasteiger partial charge in [-0.25, -0.2) is 4.98 Å². The maximum atomic E-state index is 13.6. The maximum Gasteiger partial charge on any atom is 0.450 e. The number of anilines is 1. The average molecular weight is 412 g/mol. The molecule has 30 heavy (non-hydrogen) atoms. The van der Waals surface area contributed by atoms with Crippen LogP contribution in [-0.2, 0) is 12.8 Å². The highest BCUT2D eigenvalue weighted by Gasteiger charge is 2.38. The van der Waals surface area contributed by atoms with Crippen LogP contribution in [0.15, 0.2) is 67.0 Å². The van der Waals surface area contributed by atoms with E-state index in [4.69, 9.17) is 0 Å². The van der Waals surface area contributed by atoms with Crippen LogP contribution < -0.4 is 5.32 Å². The van der Waals surface area contributed by atoms with Gasteiger partial charge in [0.1, 0.15) is 0 Å². The second-order valence-electron chi connectivity index (χ2n) is 6.49. The van der Waals surface area contributed by atoms with Gasteiger partial charge in [-0.15, -0.1) is 0 Å². The zero-order chi connectivity index (χ0) is 21.3. The fourth-order valence-corrected chi connectivity index (χ4v) is 3.08. The summed E-state index contributed by atoms with van der Waals surface area (Å²) in [7, 11) is 0. The summed E-state index contributed by atoms with van der Waals surface area (Å²) < 4.78 is 41.8. The molecule has 4 rings (SSSR count). The first kappa shape index (κ1) is 19.6. The Labute approximate surface area is 168 Å². The lowest BCUT2D eigenvalue weighted by atomic mass is 10.2. The molecule has 2 aromatic carbocycles. The van der Waals surface area contributed by atoms with E-state index in [0.717, 1.165) is 4.57 Å². The second kappa shape index (κ2) is 7.60. The Kier molecular flexibility index (Phi) is 4.96. The third-order valence-corrected chi connectivity index (χ3v) is 4.48. The largest absolute Gasteiger partial charge is 0.450 e. The van der Waals surface area contributed by atoms with Gasteiger partial charge in [0.25, 0.3) is 5.91 Å². The Hall–Kier alpha value is -3.72. The number of nitrogens with one attached hydrogen (secondary N) is 1. The molecular weight excluding hydrogens is 397 g/mol. The normalized spacial score (nSPS) is 11.6. The van der Waals surface area contributed by atoms with Gasteiger partial charge in [-0.3, -0.25) is 14.3 Å². The molecule has 0 radical (unpaired) electrons. The number of carbonyl (C=O) groups is 1. The molecule has 152 valence electrons. The van der Waals surface area contributed by atoms with Gasteiger partial charge < -0.3 is 10.4 Å². The molecule has 2 heterocycles. The Morgan fingerprint density at radius 1 is 1.03 bits per heavy atom. The van der Waals surface area contributed by atoms with Crippen molar-refractivity contribution >= 4 is 22.6 Å². The van der Waals surface area contributed by atoms with Crippen LogP contribution >= 0.6 is 0 Å². The van der Waals surface area contributed by atoms with Gasteiger partial charge in [-0.05, 0) is 54.1 Å². The summed E-state index contributed by atoms with van der Waals surface area (Å²) >= 11 is 0. The number of rotatable bonds is 4. The van der Waals surface area contributed by atoms with Crippen LogP contribution in [0.2, 0.25) is 0 Å². The summed E-state index contributed by atoms with van der Waals surface area (Å²) in [5, 5.41) is 11.9. The minimum Gasteiger partial charge on any atom is -0.392 e. The number of hydrogen-bond donors (Lipinski definition) is 2. The van der Waals surface area contributed by atoms with Crippen molar-refractivity contribution < 1.29 is 23.1 Å². The van der Waals surface area contributed by atoms with Crippen molar-refractivity contribution in [2.24, 2.45) is 0 Å². The Balaban J connectivity index is 1.71. The van der Waals surface area contributed by atoms with Crippen LogP contribution in [0.25, 0.3) is 16.7 Å². The van der Waals surface area contributed by atoms with E-state index in [1.165, 1.54) is 48.8 Å². The second-order valence-corrected chi connectivity index (χ2v) is 6.49. The number of hydrogen-bond acceptors (Lipinski definition) is 4. The molecule has 0 saturated heterocycles.